The maximum atomic E-state index is 12.1. The van der Waals surface area contributed by atoms with Gasteiger partial charge in [-0.1, -0.05) is 11.8 Å². The summed E-state index contributed by atoms with van der Waals surface area (Å²) in [4.78, 5) is 12.7. The number of nitrogens with zero attached hydrogens (tertiary/aromatic N) is 2. The molecule has 0 aliphatic rings. The van der Waals surface area contributed by atoms with Crippen molar-refractivity contribution in [2.75, 3.05) is 6.61 Å². The average Bonchev–Trinajstić information content (AvgIpc) is 3.05. The molecule has 0 unspecified atom stereocenters. The predicted molar refractivity (Wildman–Crippen MR) is 77.3 cm³/mol. The number of carbonyl (C=O) groups excluding carboxylic acids is 1. The largest absolute Gasteiger partial charge is 0.395 e. The van der Waals surface area contributed by atoms with Gasteiger partial charge in [0, 0.05) is 37.3 Å². The van der Waals surface area contributed by atoms with Gasteiger partial charge in [0.1, 0.15) is 4.88 Å². The van der Waals surface area contributed by atoms with Gasteiger partial charge >= 0.3 is 0 Å². The summed E-state index contributed by atoms with van der Waals surface area (Å²) in [5, 5.41) is 17.4. The summed E-state index contributed by atoms with van der Waals surface area (Å²) < 4.78 is 1.69. The molecule has 0 bridgehead atoms. The van der Waals surface area contributed by atoms with Gasteiger partial charge in [-0.2, -0.15) is 5.10 Å². The molecule has 0 aliphatic carbocycles. The minimum atomic E-state index is -0.142. The van der Waals surface area contributed by atoms with Crippen LogP contribution in [0.25, 0.3) is 0 Å². The highest BCUT2D eigenvalue weighted by Gasteiger charge is 2.11. The number of aliphatic hydroxyl groups is 1. The lowest BCUT2D eigenvalue weighted by Crippen LogP contribution is -2.22. The molecular formula is C14H15N3O2S. The number of hydrogen-bond donors (Lipinski definition) is 2. The van der Waals surface area contributed by atoms with Gasteiger partial charge < -0.3 is 10.4 Å². The smallest absolute Gasteiger partial charge is 0.262 e. The Bertz CT molecular complexity index is 649. The summed E-state index contributed by atoms with van der Waals surface area (Å²) in [5.41, 5.74) is 1.65. The summed E-state index contributed by atoms with van der Waals surface area (Å²) in [6.07, 6.45) is 3.99. The summed E-state index contributed by atoms with van der Waals surface area (Å²) >= 11 is 1.36. The quantitative estimate of drug-likeness (QED) is 0.830. The molecule has 20 heavy (non-hydrogen) atoms. The van der Waals surface area contributed by atoms with Crippen LogP contribution in [0.15, 0.2) is 23.8 Å². The number of thiophene rings is 1. The van der Waals surface area contributed by atoms with E-state index in [2.05, 4.69) is 22.3 Å². The highest BCUT2D eigenvalue weighted by atomic mass is 32.1. The molecule has 5 nitrogen and oxygen atoms in total. The zero-order chi connectivity index (χ0) is 14.4. The van der Waals surface area contributed by atoms with E-state index in [4.69, 9.17) is 5.11 Å². The predicted octanol–water partition coefficient (Wildman–Crippen LogP) is 1.15. The fourth-order valence-electron chi connectivity index (χ4n) is 1.62. The first-order valence-corrected chi connectivity index (χ1v) is 7.01. The van der Waals surface area contributed by atoms with Crippen molar-refractivity contribution in [2.24, 2.45) is 7.05 Å². The maximum absolute atomic E-state index is 12.1. The van der Waals surface area contributed by atoms with E-state index in [0.717, 1.165) is 5.56 Å². The molecule has 2 aromatic rings. The molecule has 2 aromatic heterocycles. The standard InChI is InChI=1S/C14H15N3O2S/c1-17-10-11(9-16-17)8-15-14(19)13-12(5-7-20-13)4-2-3-6-18/h5,7,9-10,18H,3,6,8H2,1H3,(H,15,19). The topological polar surface area (TPSA) is 67.2 Å². The third-order valence-electron chi connectivity index (χ3n) is 2.54. The second-order valence-electron chi connectivity index (χ2n) is 4.14. The zero-order valence-corrected chi connectivity index (χ0v) is 11.9. The zero-order valence-electron chi connectivity index (χ0n) is 11.1. The number of rotatable bonds is 4. The highest BCUT2D eigenvalue weighted by Crippen LogP contribution is 2.15. The normalized spacial score (nSPS) is 9.90. The molecule has 0 saturated heterocycles. The molecule has 2 N–H and O–H groups in total. The van der Waals surface area contributed by atoms with Crippen molar-refractivity contribution in [3.63, 3.8) is 0 Å². The number of aromatic nitrogens is 2. The Hall–Kier alpha value is -2.10. The van der Waals surface area contributed by atoms with Gasteiger partial charge in [-0.05, 0) is 11.4 Å². The number of amides is 1. The molecule has 2 heterocycles. The number of aliphatic hydroxyl groups excluding tert-OH is 1. The number of carbonyl (C=O) groups is 1. The Morgan fingerprint density at radius 2 is 2.45 bits per heavy atom. The summed E-state index contributed by atoms with van der Waals surface area (Å²) in [6.45, 7) is 0.466. The van der Waals surface area contributed by atoms with Crippen LogP contribution in [0.5, 0.6) is 0 Å². The van der Waals surface area contributed by atoms with Crippen molar-refractivity contribution in [3.8, 4) is 11.8 Å². The Morgan fingerprint density at radius 1 is 1.60 bits per heavy atom. The Labute approximate surface area is 121 Å². The van der Waals surface area contributed by atoms with Gasteiger partial charge in [0.15, 0.2) is 0 Å². The van der Waals surface area contributed by atoms with Crippen LogP contribution in [-0.4, -0.2) is 27.4 Å². The van der Waals surface area contributed by atoms with Crippen molar-refractivity contribution < 1.29 is 9.90 Å². The van der Waals surface area contributed by atoms with Gasteiger partial charge in [-0.25, -0.2) is 0 Å². The molecule has 6 heteroatoms. The van der Waals surface area contributed by atoms with Crippen molar-refractivity contribution in [1.82, 2.24) is 15.1 Å². The van der Waals surface area contributed by atoms with Crippen LogP contribution >= 0.6 is 11.3 Å². The monoisotopic (exact) mass is 289 g/mol. The Balaban J connectivity index is 1.99. The summed E-state index contributed by atoms with van der Waals surface area (Å²) in [5.74, 6) is 5.58. The van der Waals surface area contributed by atoms with Crippen LogP contribution in [0.3, 0.4) is 0 Å². The van der Waals surface area contributed by atoms with Crippen LogP contribution < -0.4 is 5.32 Å². The van der Waals surface area contributed by atoms with Crippen LogP contribution in [0.2, 0.25) is 0 Å². The van der Waals surface area contributed by atoms with Crippen molar-refractivity contribution in [3.05, 3.63) is 39.8 Å². The van der Waals surface area contributed by atoms with Gasteiger partial charge in [-0.3, -0.25) is 9.48 Å². The molecule has 0 radical (unpaired) electrons. The summed E-state index contributed by atoms with van der Waals surface area (Å²) in [7, 11) is 1.83. The molecular weight excluding hydrogens is 274 g/mol. The SMILES string of the molecule is Cn1cc(CNC(=O)c2sccc2C#CCCO)cn1. The number of nitrogens with one attached hydrogen (secondary N) is 1. The number of aryl methyl sites for hydroxylation is 1. The fraction of sp³-hybridized carbons (Fsp3) is 0.286. The van der Waals surface area contributed by atoms with E-state index < -0.39 is 0 Å². The van der Waals surface area contributed by atoms with Gasteiger partial charge in [-0.15, -0.1) is 11.3 Å². The molecule has 0 aromatic carbocycles. The van der Waals surface area contributed by atoms with Gasteiger partial charge in [0.2, 0.25) is 0 Å². The maximum Gasteiger partial charge on any atom is 0.262 e. The fourth-order valence-corrected chi connectivity index (χ4v) is 2.39. The average molecular weight is 289 g/mol. The van der Waals surface area contributed by atoms with E-state index in [1.54, 1.807) is 10.9 Å². The molecule has 0 aliphatic heterocycles. The lowest BCUT2D eigenvalue weighted by Gasteiger charge is -2.01. The van der Waals surface area contributed by atoms with Crippen LogP contribution in [-0.2, 0) is 13.6 Å². The molecule has 0 atom stereocenters. The number of hydrogen-bond acceptors (Lipinski definition) is 4. The Kier molecular flexibility index (Phi) is 4.93. The molecule has 0 saturated carbocycles. The second kappa shape index (κ2) is 6.89. The van der Waals surface area contributed by atoms with Crippen LogP contribution in [0, 0.1) is 11.8 Å². The Morgan fingerprint density at radius 3 is 3.15 bits per heavy atom. The van der Waals surface area contributed by atoms with Crippen molar-refractivity contribution in [2.45, 2.75) is 13.0 Å². The minimum absolute atomic E-state index is 0.0275. The first kappa shape index (κ1) is 14.3. The van der Waals surface area contributed by atoms with Crippen molar-refractivity contribution in [1.29, 1.82) is 0 Å². The summed E-state index contributed by atoms with van der Waals surface area (Å²) in [6, 6.07) is 1.81. The second-order valence-corrected chi connectivity index (χ2v) is 5.06. The lowest BCUT2D eigenvalue weighted by atomic mass is 10.2. The van der Waals surface area contributed by atoms with E-state index in [-0.39, 0.29) is 12.5 Å². The van der Waals surface area contributed by atoms with Crippen LogP contribution in [0.4, 0.5) is 0 Å². The molecule has 2 rings (SSSR count). The highest BCUT2D eigenvalue weighted by molar-refractivity contribution is 7.12. The van der Waals surface area contributed by atoms with E-state index >= 15 is 0 Å². The molecule has 0 fully saturated rings. The van der Waals surface area contributed by atoms with E-state index in [1.165, 1.54) is 11.3 Å². The first-order chi connectivity index (χ1) is 9.70. The van der Waals surface area contributed by atoms with Crippen molar-refractivity contribution >= 4 is 17.2 Å². The molecule has 1 amide bonds. The van der Waals surface area contributed by atoms with E-state index in [0.29, 0.717) is 23.4 Å². The van der Waals surface area contributed by atoms with E-state index in [9.17, 15) is 4.79 Å². The van der Waals surface area contributed by atoms with Gasteiger partial charge in [0.05, 0.1) is 12.8 Å². The first-order valence-electron chi connectivity index (χ1n) is 6.13. The minimum Gasteiger partial charge on any atom is -0.395 e. The molecule has 0 spiro atoms. The van der Waals surface area contributed by atoms with Gasteiger partial charge in [0.25, 0.3) is 5.91 Å². The lowest BCUT2D eigenvalue weighted by molar-refractivity contribution is 0.0955. The molecule has 104 valence electrons. The third-order valence-corrected chi connectivity index (χ3v) is 3.46. The third kappa shape index (κ3) is 3.70. The van der Waals surface area contributed by atoms with E-state index in [1.807, 2.05) is 24.7 Å². The van der Waals surface area contributed by atoms with Crippen LogP contribution in [0.1, 0.15) is 27.2 Å².